The van der Waals surface area contributed by atoms with Gasteiger partial charge in [-0.05, 0) is 30.0 Å². The monoisotopic (exact) mass is 299 g/mol. The Hall–Kier alpha value is -0.910. The highest BCUT2D eigenvalue weighted by atomic mass is 32.2. The molecule has 20 heavy (non-hydrogen) atoms. The van der Waals surface area contributed by atoms with Gasteiger partial charge in [-0.15, -0.1) is 0 Å². The second kappa shape index (κ2) is 6.70. The molecule has 0 bridgehead atoms. The summed E-state index contributed by atoms with van der Waals surface area (Å²) in [6.45, 7) is 8.77. The first-order valence-electron chi connectivity index (χ1n) is 6.85. The zero-order valence-corrected chi connectivity index (χ0v) is 13.5. The first kappa shape index (κ1) is 17.1. The maximum Gasteiger partial charge on any atom is 0.180 e. The predicted octanol–water partition coefficient (Wildman–Crippen LogP) is 2.12. The van der Waals surface area contributed by atoms with Crippen molar-refractivity contribution in [3.8, 4) is 0 Å². The lowest BCUT2D eigenvalue weighted by Gasteiger charge is -2.19. The molecule has 0 spiro atoms. The summed E-state index contributed by atoms with van der Waals surface area (Å²) in [5.74, 6) is -0.0772. The van der Waals surface area contributed by atoms with Crippen LogP contribution in [0.1, 0.15) is 33.3 Å². The first-order valence-corrected chi connectivity index (χ1v) is 8.51. The topological polar surface area (TPSA) is 69.4 Å². The van der Waals surface area contributed by atoms with Gasteiger partial charge in [-0.2, -0.15) is 0 Å². The molecule has 1 aromatic rings. The predicted molar refractivity (Wildman–Crippen MR) is 81.7 cm³/mol. The molecule has 0 fully saturated rings. The Bertz CT molecular complexity index is 515. The van der Waals surface area contributed by atoms with Crippen molar-refractivity contribution in [2.75, 3.05) is 18.9 Å². The smallest absolute Gasteiger partial charge is 0.180 e. The molecule has 0 aliphatic heterocycles. The molecule has 0 aliphatic rings. The third-order valence-electron chi connectivity index (χ3n) is 3.15. The molecule has 0 heterocycles. The number of hydrogen-bond acceptors (Lipinski definition) is 4. The van der Waals surface area contributed by atoms with Crippen molar-refractivity contribution in [2.45, 2.75) is 44.1 Å². The highest BCUT2D eigenvalue weighted by molar-refractivity contribution is 7.91. The molecule has 0 aromatic heterocycles. The fraction of sp³-hybridized carbons (Fsp3) is 0.600. The normalized spacial score (nSPS) is 14.2. The van der Waals surface area contributed by atoms with E-state index in [1.165, 1.54) is 0 Å². The molecular formula is C15H25NO3S. The molecule has 1 aromatic carbocycles. The van der Waals surface area contributed by atoms with E-state index in [-0.39, 0.29) is 17.7 Å². The first-order chi connectivity index (χ1) is 9.20. The van der Waals surface area contributed by atoms with Gasteiger partial charge in [0.25, 0.3) is 0 Å². The highest BCUT2D eigenvalue weighted by Gasteiger charge is 2.21. The van der Waals surface area contributed by atoms with Gasteiger partial charge in [0.05, 0.1) is 16.8 Å². The molecule has 114 valence electrons. The Morgan fingerprint density at radius 3 is 2.15 bits per heavy atom. The summed E-state index contributed by atoms with van der Waals surface area (Å²) in [5.41, 5.74) is 6.65. The molecule has 5 heteroatoms. The van der Waals surface area contributed by atoms with E-state index < -0.39 is 15.9 Å². The molecule has 2 N–H and O–H groups in total. The van der Waals surface area contributed by atoms with Crippen molar-refractivity contribution in [2.24, 2.45) is 5.73 Å². The van der Waals surface area contributed by atoms with E-state index in [0.29, 0.717) is 11.5 Å². The van der Waals surface area contributed by atoms with Crippen LogP contribution in [0.5, 0.6) is 0 Å². The minimum absolute atomic E-state index is 0.00735. The fourth-order valence-corrected chi connectivity index (χ4v) is 3.39. The minimum atomic E-state index is -3.36. The van der Waals surface area contributed by atoms with Crippen LogP contribution >= 0.6 is 0 Å². The number of nitrogens with two attached hydrogens (primary N) is 1. The Balaban J connectivity index is 2.93. The average molecular weight is 299 g/mol. The van der Waals surface area contributed by atoms with Crippen LogP contribution in [0.2, 0.25) is 0 Å². The summed E-state index contributed by atoms with van der Waals surface area (Å²) in [6.07, 6.45) is -0.452. The van der Waals surface area contributed by atoms with Gasteiger partial charge in [0.2, 0.25) is 0 Å². The van der Waals surface area contributed by atoms with Gasteiger partial charge in [0, 0.05) is 13.2 Å². The maximum atomic E-state index is 12.3. The number of ether oxygens (including phenoxy) is 1. The van der Waals surface area contributed by atoms with E-state index in [1.54, 1.807) is 12.1 Å². The molecule has 1 rings (SSSR count). The van der Waals surface area contributed by atoms with Crippen molar-refractivity contribution in [1.29, 1.82) is 0 Å². The number of rotatable bonds is 6. The van der Waals surface area contributed by atoms with Crippen LogP contribution in [0.25, 0.3) is 0 Å². The average Bonchev–Trinajstić information content (AvgIpc) is 2.37. The Morgan fingerprint density at radius 2 is 1.75 bits per heavy atom. The van der Waals surface area contributed by atoms with E-state index in [9.17, 15) is 8.42 Å². The van der Waals surface area contributed by atoms with Gasteiger partial charge in [-0.25, -0.2) is 8.42 Å². The van der Waals surface area contributed by atoms with Crippen molar-refractivity contribution >= 4 is 9.84 Å². The molecule has 0 saturated carbocycles. The lowest BCUT2D eigenvalue weighted by Crippen LogP contribution is -2.31. The Morgan fingerprint density at radius 1 is 1.20 bits per heavy atom. The van der Waals surface area contributed by atoms with E-state index >= 15 is 0 Å². The summed E-state index contributed by atoms with van der Waals surface area (Å²) in [7, 11) is -3.36. The van der Waals surface area contributed by atoms with Crippen LogP contribution in [0.3, 0.4) is 0 Å². The van der Waals surface area contributed by atoms with Crippen molar-refractivity contribution in [3.05, 3.63) is 29.8 Å². The van der Waals surface area contributed by atoms with E-state index in [1.807, 2.05) is 19.1 Å². The summed E-state index contributed by atoms with van der Waals surface area (Å²) in [5, 5.41) is 0. The van der Waals surface area contributed by atoms with Crippen molar-refractivity contribution in [3.63, 3.8) is 0 Å². The van der Waals surface area contributed by atoms with Crippen LogP contribution < -0.4 is 5.73 Å². The van der Waals surface area contributed by atoms with Crippen LogP contribution in [0.4, 0.5) is 0 Å². The second-order valence-electron chi connectivity index (χ2n) is 5.87. The second-order valence-corrected chi connectivity index (χ2v) is 7.90. The van der Waals surface area contributed by atoms with Crippen LogP contribution in [0, 0.1) is 0 Å². The van der Waals surface area contributed by atoms with Crippen molar-refractivity contribution < 1.29 is 13.2 Å². The third kappa shape index (κ3) is 4.58. The largest absolute Gasteiger partial charge is 0.376 e. The standard InChI is InChI=1S/C15H25NO3S/c1-5-19-13(10-16)11-20(17,18)14-8-6-12(7-9-14)15(2,3)4/h6-9,13H,5,10-11,16H2,1-4H3. The summed E-state index contributed by atoms with van der Waals surface area (Å²) < 4.78 is 29.9. The zero-order chi connectivity index (χ0) is 15.4. The van der Waals surface area contributed by atoms with Crippen LogP contribution in [-0.4, -0.2) is 33.4 Å². The molecule has 0 aliphatic carbocycles. The lowest BCUT2D eigenvalue weighted by molar-refractivity contribution is 0.0846. The number of hydrogen-bond donors (Lipinski definition) is 1. The molecular weight excluding hydrogens is 274 g/mol. The van der Waals surface area contributed by atoms with Gasteiger partial charge in [0.1, 0.15) is 0 Å². The molecule has 1 unspecified atom stereocenters. The third-order valence-corrected chi connectivity index (χ3v) is 4.95. The van der Waals surface area contributed by atoms with Crippen molar-refractivity contribution in [1.82, 2.24) is 0 Å². The summed E-state index contributed by atoms with van der Waals surface area (Å²) in [4.78, 5) is 0.323. The zero-order valence-electron chi connectivity index (χ0n) is 12.7. The number of benzene rings is 1. The quantitative estimate of drug-likeness (QED) is 0.873. The minimum Gasteiger partial charge on any atom is -0.376 e. The maximum absolute atomic E-state index is 12.3. The van der Waals surface area contributed by atoms with Gasteiger partial charge < -0.3 is 10.5 Å². The summed E-state index contributed by atoms with van der Waals surface area (Å²) in [6, 6.07) is 7.06. The van der Waals surface area contributed by atoms with Gasteiger partial charge in [0.15, 0.2) is 9.84 Å². The molecule has 1 atom stereocenters. The Labute approximate surface area is 122 Å². The lowest BCUT2D eigenvalue weighted by atomic mass is 9.87. The number of sulfone groups is 1. The Kier molecular flexibility index (Phi) is 5.74. The van der Waals surface area contributed by atoms with Crippen LogP contribution in [0.15, 0.2) is 29.2 Å². The SMILES string of the molecule is CCOC(CN)CS(=O)(=O)c1ccc(C(C)(C)C)cc1. The van der Waals surface area contributed by atoms with Gasteiger partial charge in [-0.1, -0.05) is 32.9 Å². The molecule has 4 nitrogen and oxygen atoms in total. The van der Waals surface area contributed by atoms with Gasteiger partial charge >= 0.3 is 0 Å². The van der Waals surface area contributed by atoms with Gasteiger partial charge in [-0.3, -0.25) is 0 Å². The van der Waals surface area contributed by atoms with Crippen LogP contribution in [-0.2, 0) is 20.0 Å². The molecule has 0 saturated heterocycles. The van der Waals surface area contributed by atoms with E-state index in [0.717, 1.165) is 5.56 Å². The summed E-state index contributed by atoms with van der Waals surface area (Å²) >= 11 is 0. The molecule has 0 amide bonds. The highest BCUT2D eigenvalue weighted by Crippen LogP contribution is 2.24. The molecule has 0 radical (unpaired) electrons. The van der Waals surface area contributed by atoms with E-state index in [2.05, 4.69) is 20.8 Å². The van der Waals surface area contributed by atoms with E-state index in [4.69, 9.17) is 10.5 Å². The fourth-order valence-electron chi connectivity index (χ4n) is 1.92.